The van der Waals surface area contributed by atoms with E-state index in [1.54, 1.807) is 0 Å². The molecule has 0 heterocycles. The molecule has 0 aromatic heterocycles. The predicted molar refractivity (Wildman–Crippen MR) is 69.1 cm³/mol. The molecule has 1 aromatic rings. The fourth-order valence-electron chi connectivity index (χ4n) is 1.49. The lowest BCUT2D eigenvalue weighted by atomic mass is 10.3. The maximum absolute atomic E-state index is 13.3. The number of methoxy groups -OCH3 is 1. The molecule has 1 rings (SSSR count). The van der Waals surface area contributed by atoms with Crippen LogP contribution >= 0.6 is 0 Å². The van der Waals surface area contributed by atoms with Crippen molar-refractivity contribution in [3.05, 3.63) is 29.8 Å². The maximum atomic E-state index is 13.3. The zero-order valence-corrected chi connectivity index (χ0v) is 11.3. The lowest BCUT2D eigenvalue weighted by Crippen LogP contribution is -2.38. The minimum atomic E-state index is -0.976. The molecule has 0 radical (unpaired) electrons. The van der Waals surface area contributed by atoms with Gasteiger partial charge in [-0.3, -0.25) is 9.59 Å². The number of hydrogen-bond donors (Lipinski definition) is 1. The molecular weight excluding hydrogens is 270 g/mol. The van der Waals surface area contributed by atoms with Crippen LogP contribution in [0.5, 0.6) is 0 Å². The standard InChI is InChI=1S/C13H16F2N2O3/c1-17(6-3-7-20-2)13(19)12(18)16-11-5-4-9(14)8-10(11)15/h4-5,8H,3,6-7H2,1-2H3,(H,16,18). The van der Waals surface area contributed by atoms with E-state index in [1.807, 2.05) is 0 Å². The Morgan fingerprint density at radius 2 is 2.05 bits per heavy atom. The second kappa shape index (κ2) is 7.54. The average Bonchev–Trinajstić information content (AvgIpc) is 2.41. The Hall–Kier alpha value is -2.02. The van der Waals surface area contributed by atoms with Crippen LogP contribution in [0.1, 0.15) is 6.42 Å². The fourth-order valence-corrected chi connectivity index (χ4v) is 1.49. The zero-order chi connectivity index (χ0) is 15.1. The first kappa shape index (κ1) is 16.0. The Balaban J connectivity index is 2.59. The average molecular weight is 286 g/mol. The summed E-state index contributed by atoms with van der Waals surface area (Å²) in [6.45, 7) is 0.803. The molecule has 0 aliphatic heterocycles. The molecule has 0 aliphatic carbocycles. The van der Waals surface area contributed by atoms with Crippen LogP contribution in [0.15, 0.2) is 18.2 Å². The zero-order valence-electron chi connectivity index (χ0n) is 11.3. The van der Waals surface area contributed by atoms with Gasteiger partial charge in [0, 0.05) is 33.4 Å². The molecule has 1 aromatic carbocycles. The van der Waals surface area contributed by atoms with Crippen LogP contribution in [0.4, 0.5) is 14.5 Å². The summed E-state index contributed by atoms with van der Waals surface area (Å²) in [4.78, 5) is 24.5. The molecule has 0 aliphatic rings. The van der Waals surface area contributed by atoms with E-state index in [0.717, 1.165) is 12.1 Å². The molecule has 0 unspecified atom stereocenters. The third kappa shape index (κ3) is 4.58. The molecule has 0 bridgehead atoms. The van der Waals surface area contributed by atoms with Gasteiger partial charge in [0.25, 0.3) is 0 Å². The fraction of sp³-hybridized carbons (Fsp3) is 0.385. The van der Waals surface area contributed by atoms with Crippen LogP contribution in [0, 0.1) is 11.6 Å². The third-order valence-electron chi connectivity index (χ3n) is 2.56. The van der Waals surface area contributed by atoms with E-state index in [-0.39, 0.29) is 5.69 Å². The number of nitrogens with one attached hydrogen (secondary N) is 1. The lowest BCUT2D eigenvalue weighted by molar-refractivity contribution is -0.142. The van der Waals surface area contributed by atoms with Crippen molar-refractivity contribution in [2.75, 3.05) is 32.6 Å². The van der Waals surface area contributed by atoms with E-state index in [1.165, 1.54) is 19.1 Å². The van der Waals surface area contributed by atoms with Crippen molar-refractivity contribution in [2.24, 2.45) is 0 Å². The Kier molecular flexibility index (Phi) is 6.05. The Morgan fingerprint density at radius 1 is 1.35 bits per heavy atom. The number of rotatable bonds is 5. The highest BCUT2D eigenvalue weighted by atomic mass is 19.1. The SMILES string of the molecule is COCCCN(C)C(=O)C(=O)Nc1ccc(F)cc1F. The summed E-state index contributed by atoms with van der Waals surface area (Å²) in [5.74, 6) is -3.48. The second-order valence-corrected chi connectivity index (χ2v) is 4.15. The van der Waals surface area contributed by atoms with E-state index in [4.69, 9.17) is 4.74 Å². The number of carbonyl (C=O) groups excluding carboxylic acids is 2. The summed E-state index contributed by atoms with van der Waals surface area (Å²) < 4.78 is 30.9. The highest BCUT2D eigenvalue weighted by Gasteiger charge is 2.19. The van der Waals surface area contributed by atoms with Gasteiger partial charge in [0.2, 0.25) is 0 Å². The quantitative estimate of drug-likeness (QED) is 0.657. The van der Waals surface area contributed by atoms with Gasteiger partial charge in [-0.25, -0.2) is 8.78 Å². The molecule has 0 atom stereocenters. The predicted octanol–water partition coefficient (Wildman–Crippen LogP) is 1.40. The van der Waals surface area contributed by atoms with Crippen molar-refractivity contribution < 1.29 is 23.1 Å². The smallest absolute Gasteiger partial charge is 0.313 e. The summed E-state index contributed by atoms with van der Waals surface area (Å²) >= 11 is 0. The monoisotopic (exact) mass is 286 g/mol. The first-order chi connectivity index (χ1) is 9.45. The van der Waals surface area contributed by atoms with Gasteiger partial charge in [0.15, 0.2) is 0 Å². The van der Waals surface area contributed by atoms with Crippen molar-refractivity contribution in [3.63, 3.8) is 0 Å². The van der Waals surface area contributed by atoms with E-state index in [2.05, 4.69) is 5.32 Å². The molecule has 0 saturated carbocycles. The first-order valence-electron chi connectivity index (χ1n) is 5.96. The molecule has 20 heavy (non-hydrogen) atoms. The number of benzene rings is 1. The molecule has 110 valence electrons. The number of ether oxygens (including phenoxy) is 1. The van der Waals surface area contributed by atoms with E-state index in [9.17, 15) is 18.4 Å². The van der Waals surface area contributed by atoms with Crippen molar-refractivity contribution in [1.29, 1.82) is 0 Å². The molecule has 0 spiro atoms. The van der Waals surface area contributed by atoms with E-state index < -0.39 is 23.4 Å². The highest BCUT2D eigenvalue weighted by Crippen LogP contribution is 2.14. The summed E-state index contributed by atoms with van der Waals surface area (Å²) in [5, 5.41) is 2.11. The van der Waals surface area contributed by atoms with Crippen molar-refractivity contribution in [2.45, 2.75) is 6.42 Å². The summed E-state index contributed by atoms with van der Waals surface area (Å²) in [7, 11) is 2.99. The molecule has 1 N–H and O–H groups in total. The number of likely N-dealkylation sites (N-methyl/N-ethyl adjacent to an activating group) is 1. The van der Waals surface area contributed by atoms with E-state index in [0.29, 0.717) is 25.6 Å². The topological polar surface area (TPSA) is 58.6 Å². The normalized spacial score (nSPS) is 10.2. The molecule has 5 nitrogen and oxygen atoms in total. The van der Waals surface area contributed by atoms with Gasteiger partial charge in [-0.2, -0.15) is 0 Å². The van der Waals surface area contributed by atoms with Gasteiger partial charge < -0.3 is 15.0 Å². The molecular formula is C13H16F2N2O3. The van der Waals surface area contributed by atoms with Gasteiger partial charge in [0.1, 0.15) is 11.6 Å². The van der Waals surface area contributed by atoms with E-state index >= 15 is 0 Å². The number of hydrogen-bond acceptors (Lipinski definition) is 3. The summed E-state index contributed by atoms with van der Waals surface area (Å²) in [6.07, 6.45) is 0.580. The van der Waals surface area contributed by atoms with Crippen LogP contribution in [0.2, 0.25) is 0 Å². The number of halogens is 2. The molecule has 2 amide bonds. The van der Waals surface area contributed by atoms with Crippen molar-refractivity contribution in [3.8, 4) is 0 Å². The van der Waals surface area contributed by atoms with Gasteiger partial charge >= 0.3 is 11.8 Å². The molecule has 0 fully saturated rings. The Labute approximate surface area is 115 Å². The number of anilines is 1. The molecule has 7 heteroatoms. The van der Waals surface area contributed by atoms with Crippen molar-refractivity contribution >= 4 is 17.5 Å². The van der Waals surface area contributed by atoms with Crippen LogP contribution in [0.3, 0.4) is 0 Å². The minimum absolute atomic E-state index is 0.241. The van der Waals surface area contributed by atoms with Crippen LogP contribution in [-0.2, 0) is 14.3 Å². The largest absolute Gasteiger partial charge is 0.385 e. The summed E-state index contributed by atoms with van der Waals surface area (Å²) in [5.41, 5.74) is -0.241. The van der Waals surface area contributed by atoms with Crippen molar-refractivity contribution in [1.82, 2.24) is 4.90 Å². The number of amides is 2. The Bertz CT molecular complexity index is 495. The number of carbonyl (C=O) groups is 2. The van der Waals surface area contributed by atoms with Gasteiger partial charge in [-0.05, 0) is 18.6 Å². The van der Waals surface area contributed by atoms with Gasteiger partial charge in [-0.1, -0.05) is 0 Å². The third-order valence-corrected chi connectivity index (χ3v) is 2.56. The molecule has 0 saturated heterocycles. The lowest BCUT2D eigenvalue weighted by Gasteiger charge is -2.16. The second-order valence-electron chi connectivity index (χ2n) is 4.15. The van der Waals surface area contributed by atoms with Gasteiger partial charge in [0.05, 0.1) is 5.69 Å². The van der Waals surface area contributed by atoms with Crippen LogP contribution in [-0.4, -0.2) is 44.0 Å². The van der Waals surface area contributed by atoms with Crippen LogP contribution in [0.25, 0.3) is 0 Å². The highest BCUT2D eigenvalue weighted by molar-refractivity contribution is 6.39. The first-order valence-corrected chi connectivity index (χ1v) is 5.96. The summed E-state index contributed by atoms with van der Waals surface area (Å²) in [6, 6.07) is 2.68. The van der Waals surface area contributed by atoms with Crippen LogP contribution < -0.4 is 5.32 Å². The Morgan fingerprint density at radius 3 is 2.65 bits per heavy atom. The maximum Gasteiger partial charge on any atom is 0.313 e. The number of nitrogens with zero attached hydrogens (tertiary/aromatic N) is 1. The minimum Gasteiger partial charge on any atom is -0.385 e. The van der Waals surface area contributed by atoms with Gasteiger partial charge in [-0.15, -0.1) is 0 Å².